The minimum atomic E-state index is -4.52. The Morgan fingerprint density at radius 3 is 2.71 bits per heavy atom. The number of furan rings is 1. The van der Waals surface area contributed by atoms with E-state index in [1.165, 1.54) is 6.26 Å². The summed E-state index contributed by atoms with van der Waals surface area (Å²) in [5.41, 5.74) is 0. The van der Waals surface area contributed by atoms with E-state index >= 15 is 0 Å². The number of carbonyl (C=O) groups excluding carboxylic acids is 1. The predicted octanol–water partition coefficient (Wildman–Crippen LogP) is 2.71. The van der Waals surface area contributed by atoms with Crippen molar-refractivity contribution in [2.24, 2.45) is 0 Å². The Hall–Kier alpha value is -1.70. The van der Waals surface area contributed by atoms with Crippen LogP contribution in [0.3, 0.4) is 0 Å². The lowest BCUT2D eigenvalue weighted by molar-refractivity contribution is -0.160. The lowest BCUT2D eigenvalue weighted by Gasteiger charge is -2.25. The second-order valence-electron chi connectivity index (χ2n) is 4.85. The molecule has 1 aromatic rings. The summed E-state index contributed by atoms with van der Waals surface area (Å²) in [5, 5.41) is 2.36. The van der Waals surface area contributed by atoms with Gasteiger partial charge in [-0.05, 0) is 38.1 Å². The van der Waals surface area contributed by atoms with Crippen molar-refractivity contribution < 1.29 is 27.1 Å². The van der Waals surface area contributed by atoms with Crippen LogP contribution < -0.4 is 5.32 Å². The summed E-state index contributed by atoms with van der Waals surface area (Å²) < 4.78 is 45.3. The number of alkyl carbamates (subject to hydrolysis) is 1. The first-order chi connectivity index (χ1) is 9.96. The Kier molecular flexibility index (Phi) is 5.11. The molecule has 0 saturated carbocycles. The second kappa shape index (κ2) is 6.84. The fraction of sp³-hybridized carbons (Fsp3) is 0.615. The van der Waals surface area contributed by atoms with Crippen LogP contribution in [0, 0.1) is 0 Å². The molecule has 1 N–H and O–H groups in total. The molecule has 2 rings (SSSR count). The normalized spacial score (nSPS) is 17.7. The van der Waals surface area contributed by atoms with E-state index in [-0.39, 0.29) is 12.6 Å². The molecule has 0 aliphatic carbocycles. The number of alkyl halides is 3. The minimum Gasteiger partial charge on any atom is -0.468 e. The van der Waals surface area contributed by atoms with Crippen LogP contribution in [0.2, 0.25) is 0 Å². The third kappa shape index (κ3) is 4.96. The average Bonchev–Trinajstić information content (AvgIpc) is 3.09. The Balaban J connectivity index is 1.86. The number of rotatable bonds is 5. The van der Waals surface area contributed by atoms with Gasteiger partial charge in [0.15, 0.2) is 6.61 Å². The third-order valence-corrected chi connectivity index (χ3v) is 3.26. The quantitative estimate of drug-likeness (QED) is 0.909. The van der Waals surface area contributed by atoms with Gasteiger partial charge < -0.3 is 14.5 Å². The molecule has 1 saturated heterocycles. The number of nitrogens with zero attached hydrogens (tertiary/aromatic N) is 1. The standard InChI is InChI=1S/C13H17F3N2O3/c14-13(15,16)9-21-12(19)17-8-10(11-4-3-7-20-11)18-5-1-2-6-18/h3-4,7,10H,1-2,5-6,8-9H2,(H,17,19)/t10-/m0/s1. The Morgan fingerprint density at radius 1 is 1.43 bits per heavy atom. The Labute approximate surface area is 120 Å². The summed E-state index contributed by atoms with van der Waals surface area (Å²) in [6, 6.07) is 3.33. The summed E-state index contributed by atoms with van der Waals surface area (Å²) in [4.78, 5) is 13.4. The predicted molar refractivity (Wildman–Crippen MR) is 67.7 cm³/mol. The van der Waals surface area contributed by atoms with Crippen molar-refractivity contribution in [3.8, 4) is 0 Å². The van der Waals surface area contributed by atoms with E-state index in [2.05, 4.69) is 15.0 Å². The highest BCUT2D eigenvalue weighted by Gasteiger charge is 2.30. The molecule has 1 aromatic heterocycles. The topological polar surface area (TPSA) is 54.7 Å². The number of hydrogen-bond acceptors (Lipinski definition) is 4. The zero-order chi connectivity index (χ0) is 15.3. The van der Waals surface area contributed by atoms with Crippen LogP contribution in [0.5, 0.6) is 0 Å². The van der Waals surface area contributed by atoms with Gasteiger partial charge in [-0.25, -0.2) is 4.79 Å². The van der Waals surface area contributed by atoms with Crippen LogP contribution in [0.15, 0.2) is 22.8 Å². The third-order valence-electron chi connectivity index (χ3n) is 3.26. The molecule has 1 aliphatic heterocycles. The van der Waals surface area contributed by atoms with Gasteiger partial charge in [0.2, 0.25) is 0 Å². The van der Waals surface area contributed by atoms with E-state index in [9.17, 15) is 18.0 Å². The van der Waals surface area contributed by atoms with Crippen molar-refractivity contribution in [2.75, 3.05) is 26.2 Å². The first-order valence-electron chi connectivity index (χ1n) is 6.70. The molecule has 1 atom stereocenters. The number of halogens is 3. The maximum atomic E-state index is 12.0. The molecular weight excluding hydrogens is 289 g/mol. The van der Waals surface area contributed by atoms with Crippen molar-refractivity contribution in [2.45, 2.75) is 25.1 Å². The number of likely N-dealkylation sites (tertiary alicyclic amines) is 1. The molecule has 1 amide bonds. The van der Waals surface area contributed by atoms with Crippen LogP contribution in [0.1, 0.15) is 24.6 Å². The monoisotopic (exact) mass is 306 g/mol. The zero-order valence-electron chi connectivity index (χ0n) is 11.4. The molecule has 8 heteroatoms. The van der Waals surface area contributed by atoms with E-state index < -0.39 is 18.9 Å². The van der Waals surface area contributed by atoms with Crippen molar-refractivity contribution in [1.82, 2.24) is 10.2 Å². The molecule has 1 fully saturated rings. The van der Waals surface area contributed by atoms with E-state index in [1.54, 1.807) is 12.1 Å². The molecule has 21 heavy (non-hydrogen) atoms. The largest absolute Gasteiger partial charge is 0.468 e. The zero-order valence-corrected chi connectivity index (χ0v) is 11.4. The van der Waals surface area contributed by atoms with Crippen molar-refractivity contribution in [3.63, 3.8) is 0 Å². The smallest absolute Gasteiger partial charge is 0.422 e. The molecule has 0 spiro atoms. The van der Waals surface area contributed by atoms with Gasteiger partial charge in [-0.15, -0.1) is 0 Å². The lowest BCUT2D eigenvalue weighted by atomic mass is 10.2. The molecule has 0 bridgehead atoms. The molecule has 0 radical (unpaired) electrons. The van der Waals surface area contributed by atoms with E-state index in [4.69, 9.17) is 4.42 Å². The molecule has 0 aromatic carbocycles. The molecule has 1 aliphatic rings. The van der Waals surface area contributed by atoms with Gasteiger partial charge in [-0.1, -0.05) is 0 Å². The highest BCUT2D eigenvalue weighted by atomic mass is 19.4. The van der Waals surface area contributed by atoms with Crippen molar-refractivity contribution >= 4 is 6.09 Å². The van der Waals surface area contributed by atoms with Gasteiger partial charge in [0.05, 0.1) is 12.3 Å². The number of nitrogens with one attached hydrogen (secondary N) is 1. The molecule has 5 nitrogen and oxygen atoms in total. The molecule has 118 valence electrons. The maximum absolute atomic E-state index is 12.0. The van der Waals surface area contributed by atoms with Gasteiger partial charge in [0, 0.05) is 6.54 Å². The summed E-state index contributed by atoms with van der Waals surface area (Å²) in [5.74, 6) is 0.674. The van der Waals surface area contributed by atoms with Crippen LogP contribution in [0.4, 0.5) is 18.0 Å². The minimum absolute atomic E-state index is 0.143. The Bertz CT molecular complexity index is 442. The maximum Gasteiger partial charge on any atom is 0.422 e. The number of amides is 1. The SMILES string of the molecule is O=C(NC[C@@H](c1ccco1)N1CCCC1)OCC(F)(F)F. The summed E-state index contributed by atoms with van der Waals surface area (Å²) in [7, 11) is 0. The van der Waals surface area contributed by atoms with E-state index in [0.29, 0.717) is 5.76 Å². The van der Waals surface area contributed by atoms with Gasteiger partial charge in [0.25, 0.3) is 0 Å². The van der Waals surface area contributed by atoms with Crippen LogP contribution in [0.25, 0.3) is 0 Å². The van der Waals surface area contributed by atoms with Crippen LogP contribution in [-0.4, -0.2) is 43.4 Å². The number of carbonyl (C=O) groups is 1. The fourth-order valence-electron chi connectivity index (χ4n) is 2.32. The molecule has 2 heterocycles. The van der Waals surface area contributed by atoms with E-state index in [1.807, 2.05) is 0 Å². The van der Waals surface area contributed by atoms with Gasteiger partial charge in [0.1, 0.15) is 5.76 Å². The highest BCUT2D eigenvalue weighted by molar-refractivity contribution is 5.67. The summed E-state index contributed by atoms with van der Waals surface area (Å²) in [6.07, 6.45) is -1.97. The summed E-state index contributed by atoms with van der Waals surface area (Å²) >= 11 is 0. The highest BCUT2D eigenvalue weighted by Crippen LogP contribution is 2.24. The van der Waals surface area contributed by atoms with Crippen LogP contribution >= 0.6 is 0 Å². The molecule has 0 unspecified atom stereocenters. The Morgan fingerprint density at radius 2 is 2.14 bits per heavy atom. The number of hydrogen-bond donors (Lipinski definition) is 1. The summed E-state index contributed by atoms with van der Waals surface area (Å²) in [6.45, 7) is 0.285. The average molecular weight is 306 g/mol. The van der Waals surface area contributed by atoms with Gasteiger partial charge >= 0.3 is 12.3 Å². The first kappa shape index (κ1) is 15.7. The second-order valence-corrected chi connectivity index (χ2v) is 4.85. The van der Waals surface area contributed by atoms with Crippen LogP contribution in [-0.2, 0) is 4.74 Å². The lowest BCUT2D eigenvalue weighted by Crippen LogP contribution is -2.37. The van der Waals surface area contributed by atoms with Crippen molar-refractivity contribution in [3.05, 3.63) is 24.2 Å². The molecular formula is C13H17F3N2O3. The van der Waals surface area contributed by atoms with Gasteiger partial charge in [-0.2, -0.15) is 13.2 Å². The fourth-order valence-corrected chi connectivity index (χ4v) is 2.32. The van der Waals surface area contributed by atoms with Crippen molar-refractivity contribution in [1.29, 1.82) is 0 Å². The van der Waals surface area contributed by atoms with E-state index in [0.717, 1.165) is 25.9 Å². The number of ether oxygens (including phenoxy) is 1. The first-order valence-corrected chi connectivity index (χ1v) is 6.70. The van der Waals surface area contributed by atoms with Gasteiger partial charge in [-0.3, -0.25) is 4.90 Å².